The third-order valence-electron chi connectivity index (χ3n) is 2.82. The van der Waals surface area contributed by atoms with Crippen LogP contribution >= 0.6 is 11.8 Å². The first-order chi connectivity index (χ1) is 9.60. The van der Waals surface area contributed by atoms with Gasteiger partial charge in [0.25, 0.3) is 0 Å². The molecular formula is C14H17N3O2S. The maximum Gasteiger partial charge on any atom is 0.234 e. The lowest BCUT2D eigenvalue weighted by atomic mass is 10.3. The molecule has 5 nitrogen and oxygen atoms in total. The largest absolute Gasteiger partial charge is 0.497 e. The maximum absolute atomic E-state index is 11.9. The van der Waals surface area contributed by atoms with E-state index in [2.05, 4.69) is 15.5 Å². The molecule has 0 atom stereocenters. The Morgan fingerprint density at radius 2 is 2.05 bits per heavy atom. The first-order valence-electron chi connectivity index (χ1n) is 6.18. The van der Waals surface area contributed by atoms with Crippen molar-refractivity contribution in [2.45, 2.75) is 18.7 Å². The molecule has 1 heterocycles. The molecule has 6 heteroatoms. The van der Waals surface area contributed by atoms with Gasteiger partial charge >= 0.3 is 0 Å². The molecule has 1 amide bonds. The van der Waals surface area contributed by atoms with Crippen molar-refractivity contribution in [3.8, 4) is 5.75 Å². The number of aromatic nitrogens is 2. The SMILES string of the molecule is COc1ccc(SCC(=O)Nc2c(C)n[nH]c2C)cc1. The average molecular weight is 291 g/mol. The van der Waals surface area contributed by atoms with Crippen molar-refractivity contribution in [2.24, 2.45) is 0 Å². The predicted molar refractivity (Wildman–Crippen MR) is 80.4 cm³/mol. The van der Waals surface area contributed by atoms with E-state index in [9.17, 15) is 4.79 Å². The summed E-state index contributed by atoms with van der Waals surface area (Å²) in [5.41, 5.74) is 2.43. The minimum Gasteiger partial charge on any atom is -0.497 e. The fourth-order valence-electron chi connectivity index (χ4n) is 1.73. The monoisotopic (exact) mass is 291 g/mol. The molecule has 0 bridgehead atoms. The number of methoxy groups -OCH3 is 1. The van der Waals surface area contributed by atoms with Crippen molar-refractivity contribution in [3.63, 3.8) is 0 Å². The van der Waals surface area contributed by atoms with E-state index >= 15 is 0 Å². The van der Waals surface area contributed by atoms with Crippen LogP contribution in [-0.2, 0) is 4.79 Å². The summed E-state index contributed by atoms with van der Waals surface area (Å²) in [5.74, 6) is 1.12. The molecule has 0 saturated heterocycles. The van der Waals surface area contributed by atoms with Gasteiger partial charge in [-0.05, 0) is 38.1 Å². The van der Waals surface area contributed by atoms with Gasteiger partial charge in [0.1, 0.15) is 5.75 Å². The zero-order valence-corrected chi connectivity index (χ0v) is 12.5. The molecule has 2 aromatic rings. The first-order valence-corrected chi connectivity index (χ1v) is 7.17. The Morgan fingerprint density at radius 1 is 1.35 bits per heavy atom. The van der Waals surface area contributed by atoms with Crippen molar-refractivity contribution in [3.05, 3.63) is 35.7 Å². The number of rotatable bonds is 5. The number of hydrogen-bond acceptors (Lipinski definition) is 4. The van der Waals surface area contributed by atoms with Gasteiger partial charge in [-0.2, -0.15) is 5.10 Å². The number of ether oxygens (including phenoxy) is 1. The molecule has 0 unspecified atom stereocenters. The van der Waals surface area contributed by atoms with Crippen LogP contribution in [0, 0.1) is 13.8 Å². The molecular weight excluding hydrogens is 274 g/mol. The second kappa shape index (κ2) is 6.47. The van der Waals surface area contributed by atoms with E-state index in [1.54, 1.807) is 7.11 Å². The number of thioether (sulfide) groups is 1. The molecule has 0 spiro atoms. The number of aryl methyl sites for hydroxylation is 2. The normalized spacial score (nSPS) is 10.3. The van der Waals surface area contributed by atoms with Crippen molar-refractivity contribution < 1.29 is 9.53 Å². The Labute approximate surface area is 122 Å². The van der Waals surface area contributed by atoms with Gasteiger partial charge in [-0.15, -0.1) is 11.8 Å². The quantitative estimate of drug-likeness (QED) is 0.831. The molecule has 2 N–H and O–H groups in total. The second-order valence-corrected chi connectivity index (χ2v) is 5.37. The Kier molecular flexibility index (Phi) is 4.68. The predicted octanol–water partition coefficient (Wildman–Crippen LogP) is 2.77. The zero-order valence-electron chi connectivity index (χ0n) is 11.7. The van der Waals surface area contributed by atoms with Crippen molar-refractivity contribution in [1.29, 1.82) is 0 Å². The van der Waals surface area contributed by atoms with Gasteiger partial charge in [-0.25, -0.2) is 0 Å². The van der Waals surface area contributed by atoms with Gasteiger partial charge in [0, 0.05) is 4.90 Å². The summed E-state index contributed by atoms with van der Waals surface area (Å²) in [5, 5.41) is 9.76. The highest BCUT2D eigenvalue weighted by Gasteiger charge is 2.10. The minimum atomic E-state index is -0.0431. The molecule has 0 aliphatic rings. The zero-order chi connectivity index (χ0) is 14.5. The highest BCUT2D eigenvalue weighted by molar-refractivity contribution is 8.00. The Morgan fingerprint density at radius 3 is 2.60 bits per heavy atom. The van der Waals surface area contributed by atoms with Crippen LogP contribution in [0.1, 0.15) is 11.4 Å². The smallest absolute Gasteiger partial charge is 0.234 e. The van der Waals surface area contributed by atoms with Crippen LogP contribution in [0.4, 0.5) is 5.69 Å². The molecule has 1 aromatic heterocycles. The number of benzene rings is 1. The van der Waals surface area contributed by atoms with E-state index in [1.807, 2.05) is 38.1 Å². The molecule has 2 rings (SSSR count). The standard InChI is InChI=1S/C14H17N3O2S/c1-9-14(10(2)17-16-9)15-13(18)8-20-12-6-4-11(19-3)5-7-12/h4-7H,8H2,1-3H3,(H,15,18)(H,16,17). The van der Waals surface area contributed by atoms with Crippen LogP contribution in [-0.4, -0.2) is 29.0 Å². The van der Waals surface area contributed by atoms with E-state index < -0.39 is 0 Å². The Hall–Kier alpha value is -1.95. The molecule has 0 saturated carbocycles. The maximum atomic E-state index is 11.9. The summed E-state index contributed by atoms with van der Waals surface area (Å²) < 4.78 is 5.09. The van der Waals surface area contributed by atoms with Gasteiger partial charge in [0.15, 0.2) is 0 Å². The molecule has 0 aliphatic carbocycles. The van der Waals surface area contributed by atoms with Crippen LogP contribution in [0.3, 0.4) is 0 Å². The van der Waals surface area contributed by atoms with Crippen molar-refractivity contribution in [1.82, 2.24) is 10.2 Å². The summed E-state index contributed by atoms with van der Waals surface area (Å²) in [6.45, 7) is 3.74. The highest BCUT2D eigenvalue weighted by Crippen LogP contribution is 2.22. The van der Waals surface area contributed by atoms with E-state index in [4.69, 9.17) is 4.74 Å². The van der Waals surface area contributed by atoms with Crippen LogP contribution in [0.2, 0.25) is 0 Å². The number of carbonyl (C=O) groups is 1. The van der Waals surface area contributed by atoms with Gasteiger partial charge in [0.05, 0.1) is 29.9 Å². The average Bonchev–Trinajstić information content (AvgIpc) is 2.77. The van der Waals surface area contributed by atoms with Crippen molar-refractivity contribution >= 4 is 23.4 Å². The fraction of sp³-hybridized carbons (Fsp3) is 0.286. The van der Waals surface area contributed by atoms with Gasteiger partial charge < -0.3 is 10.1 Å². The minimum absolute atomic E-state index is 0.0431. The number of amides is 1. The van der Waals surface area contributed by atoms with E-state index in [0.29, 0.717) is 5.75 Å². The number of anilines is 1. The lowest BCUT2D eigenvalue weighted by Crippen LogP contribution is -2.14. The number of nitrogens with zero attached hydrogens (tertiary/aromatic N) is 1. The van der Waals surface area contributed by atoms with E-state index in [0.717, 1.165) is 27.7 Å². The van der Waals surface area contributed by atoms with Crippen LogP contribution in [0.25, 0.3) is 0 Å². The van der Waals surface area contributed by atoms with Gasteiger partial charge in [0.2, 0.25) is 5.91 Å². The van der Waals surface area contributed by atoms with Crippen LogP contribution in [0.5, 0.6) is 5.75 Å². The molecule has 0 radical (unpaired) electrons. The summed E-state index contributed by atoms with van der Waals surface area (Å²) in [4.78, 5) is 12.9. The van der Waals surface area contributed by atoms with Crippen LogP contribution in [0.15, 0.2) is 29.2 Å². The molecule has 106 valence electrons. The lowest BCUT2D eigenvalue weighted by molar-refractivity contribution is -0.113. The van der Waals surface area contributed by atoms with Crippen LogP contribution < -0.4 is 10.1 Å². The van der Waals surface area contributed by atoms with E-state index in [1.165, 1.54) is 11.8 Å². The number of H-pyrrole nitrogens is 1. The summed E-state index contributed by atoms with van der Waals surface area (Å²) in [6.07, 6.45) is 0. The third kappa shape index (κ3) is 3.54. The summed E-state index contributed by atoms with van der Waals surface area (Å²) in [7, 11) is 1.63. The molecule has 1 aromatic carbocycles. The second-order valence-electron chi connectivity index (χ2n) is 4.32. The highest BCUT2D eigenvalue weighted by atomic mass is 32.2. The number of nitrogens with one attached hydrogen (secondary N) is 2. The van der Waals surface area contributed by atoms with Gasteiger partial charge in [-0.3, -0.25) is 9.89 Å². The number of aromatic amines is 1. The summed E-state index contributed by atoms with van der Waals surface area (Å²) in [6, 6.07) is 7.63. The molecule has 20 heavy (non-hydrogen) atoms. The Bertz CT molecular complexity index is 573. The third-order valence-corrected chi connectivity index (χ3v) is 3.83. The topological polar surface area (TPSA) is 67.0 Å². The number of hydrogen-bond donors (Lipinski definition) is 2. The van der Waals surface area contributed by atoms with Crippen molar-refractivity contribution in [2.75, 3.05) is 18.2 Å². The molecule has 0 aliphatic heterocycles. The van der Waals surface area contributed by atoms with Gasteiger partial charge in [-0.1, -0.05) is 0 Å². The Balaban J connectivity index is 1.89. The lowest BCUT2D eigenvalue weighted by Gasteiger charge is -2.06. The summed E-state index contributed by atoms with van der Waals surface area (Å²) >= 11 is 1.48. The van der Waals surface area contributed by atoms with E-state index in [-0.39, 0.29) is 5.91 Å². The fourth-order valence-corrected chi connectivity index (χ4v) is 2.43. The molecule has 0 fully saturated rings. The number of carbonyl (C=O) groups excluding carboxylic acids is 1. The first kappa shape index (κ1) is 14.5.